The summed E-state index contributed by atoms with van der Waals surface area (Å²) in [5.41, 5.74) is 5.47. The second-order valence-electron chi connectivity index (χ2n) is 4.29. The van der Waals surface area contributed by atoms with Gasteiger partial charge in [0.2, 0.25) is 5.91 Å². The van der Waals surface area contributed by atoms with E-state index in [1.165, 1.54) is 12.1 Å². The minimum Gasteiger partial charge on any atom is -0.431 e. The Labute approximate surface area is 135 Å². The average molecular weight is 386 g/mol. The molecule has 21 heavy (non-hydrogen) atoms. The van der Waals surface area contributed by atoms with Gasteiger partial charge in [-0.2, -0.15) is 8.78 Å². The molecule has 0 saturated heterocycles. The highest BCUT2D eigenvalue weighted by Crippen LogP contribution is 2.37. The van der Waals surface area contributed by atoms with Crippen molar-refractivity contribution in [2.24, 2.45) is 5.73 Å². The van der Waals surface area contributed by atoms with E-state index in [4.69, 9.17) is 17.3 Å². The molecule has 1 aromatic carbocycles. The molecule has 0 bridgehead atoms. The number of hydrogen-bond donors (Lipinski definition) is 2. The minimum absolute atomic E-state index is 0.110. The second kappa shape index (κ2) is 9.17. The first-order valence-electron chi connectivity index (χ1n) is 6.37. The highest BCUT2D eigenvalue weighted by molar-refractivity contribution is 9.10. The van der Waals surface area contributed by atoms with E-state index in [0.717, 1.165) is 12.8 Å². The molecular weight excluding hydrogens is 370 g/mol. The number of halogens is 4. The number of carbonyl (C=O) groups is 1. The van der Waals surface area contributed by atoms with E-state index in [9.17, 15) is 13.6 Å². The summed E-state index contributed by atoms with van der Waals surface area (Å²) >= 11 is 8.93. The van der Waals surface area contributed by atoms with Gasteiger partial charge >= 0.3 is 6.61 Å². The number of carbonyl (C=O) groups excluding carboxylic acids is 1. The summed E-state index contributed by atoms with van der Waals surface area (Å²) in [6.45, 7) is -2.42. The average Bonchev–Trinajstić information content (AvgIpc) is 2.38. The standard InChI is InChI=1S/C13H16BrClF2N2O2/c14-9-6-8(15)7-10(12(9)21-13(16)17)19-11(20)4-2-1-3-5-18/h6-7,13H,1-5,18H2,(H,19,20). The first-order chi connectivity index (χ1) is 9.93. The van der Waals surface area contributed by atoms with E-state index in [2.05, 4.69) is 26.0 Å². The van der Waals surface area contributed by atoms with Gasteiger partial charge in [-0.1, -0.05) is 18.0 Å². The minimum atomic E-state index is -3.00. The fourth-order valence-electron chi connectivity index (χ4n) is 1.68. The highest BCUT2D eigenvalue weighted by atomic mass is 79.9. The predicted molar refractivity (Wildman–Crippen MR) is 81.9 cm³/mol. The lowest BCUT2D eigenvalue weighted by Gasteiger charge is -2.14. The Morgan fingerprint density at radius 1 is 1.38 bits per heavy atom. The molecule has 0 spiro atoms. The molecule has 4 nitrogen and oxygen atoms in total. The normalized spacial score (nSPS) is 10.8. The number of benzene rings is 1. The molecule has 0 aliphatic rings. The Balaban J connectivity index is 2.74. The third kappa shape index (κ3) is 6.58. The van der Waals surface area contributed by atoms with Gasteiger partial charge in [0, 0.05) is 11.4 Å². The Morgan fingerprint density at radius 3 is 2.71 bits per heavy atom. The fraction of sp³-hybridized carbons (Fsp3) is 0.462. The lowest BCUT2D eigenvalue weighted by Crippen LogP contribution is -2.14. The van der Waals surface area contributed by atoms with Crippen molar-refractivity contribution in [1.82, 2.24) is 0 Å². The summed E-state index contributed by atoms with van der Waals surface area (Å²) in [6, 6.07) is 2.78. The maximum atomic E-state index is 12.4. The topological polar surface area (TPSA) is 64.4 Å². The first-order valence-corrected chi connectivity index (χ1v) is 7.55. The summed E-state index contributed by atoms with van der Waals surface area (Å²) in [4.78, 5) is 11.8. The Morgan fingerprint density at radius 2 is 2.10 bits per heavy atom. The maximum Gasteiger partial charge on any atom is 0.387 e. The summed E-state index contributed by atoms with van der Waals surface area (Å²) in [5, 5.41) is 2.82. The molecule has 118 valence electrons. The molecule has 0 heterocycles. The van der Waals surface area contributed by atoms with Crippen LogP contribution in [0.2, 0.25) is 5.02 Å². The number of hydrogen-bond acceptors (Lipinski definition) is 3. The Hall–Kier alpha value is -0.920. The van der Waals surface area contributed by atoms with E-state index in [0.29, 0.717) is 18.0 Å². The van der Waals surface area contributed by atoms with Crippen molar-refractivity contribution < 1.29 is 18.3 Å². The predicted octanol–water partition coefficient (Wildman–Crippen LogP) is 4.16. The van der Waals surface area contributed by atoms with Gasteiger partial charge in [-0.3, -0.25) is 4.79 Å². The molecule has 0 fully saturated rings. The summed E-state index contributed by atoms with van der Waals surface area (Å²) in [5.74, 6) is -0.440. The number of ether oxygens (including phenoxy) is 1. The van der Waals surface area contributed by atoms with Crippen molar-refractivity contribution in [2.45, 2.75) is 32.3 Å². The molecule has 3 N–H and O–H groups in total. The van der Waals surface area contributed by atoms with Gasteiger partial charge in [0.1, 0.15) is 0 Å². The van der Waals surface area contributed by atoms with Gasteiger partial charge in [0.15, 0.2) is 5.75 Å². The summed E-state index contributed by atoms with van der Waals surface area (Å²) in [6.07, 6.45) is 2.63. The molecule has 8 heteroatoms. The molecule has 0 unspecified atom stereocenters. The van der Waals surface area contributed by atoms with E-state index in [1.54, 1.807) is 0 Å². The first kappa shape index (κ1) is 18.1. The highest BCUT2D eigenvalue weighted by Gasteiger charge is 2.16. The van der Waals surface area contributed by atoms with Crippen molar-refractivity contribution in [3.63, 3.8) is 0 Å². The Bertz CT molecular complexity index is 489. The number of nitrogens with two attached hydrogens (primary N) is 1. The van der Waals surface area contributed by atoms with Crippen LogP contribution >= 0.6 is 27.5 Å². The van der Waals surface area contributed by atoms with Gasteiger partial charge in [-0.15, -0.1) is 0 Å². The zero-order chi connectivity index (χ0) is 15.8. The fourth-order valence-corrected chi connectivity index (χ4v) is 2.59. The van der Waals surface area contributed by atoms with Crippen LogP contribution in [0.5, 0.6) is 5.75 Å². The number of anilines is 1. The molecule has 1 amide bonds. The number of amides is 1. The van der Waals surface area contributed by atoms with Gasteiger partial charge in [0.25, 0.3) is 0 Å². The van der Waals surface area contributed by atoms with Crippen molar-refractivity contribution in [3.8, 4) is 5.75 Å². The lowest BCUT2D eigenvalue weighted by molar-refractivity contribution is -0.116. The second-order valence-corrected chi connectivity index (χ2v) is 5.58. The zero-order valence-corrected chi connectivity index (χ0v) is 13.5. The SMILES string of the molecule is NCCCCCC(=O)Nc1cc(Cl)cc(Br)c1OC(F)F. The monoisotopic (exact) mass is 384 g/mol. The van der Waals surface area contributed by atoms with Crippen LogP contribution in [0.4, 0.5) is 14.5 Å². The van der Waals surface area contributed by atoms with Gasteiger partial charge in [-0.05, 0) is 47.4 Å². The number of nitrogens with one attached hydrogen (secondary N) is 1. The van der Waals surface area contributed by atoms with E-state index >= 15 is 0 Å². The molecular formula is C13H16BrClF2N2O2. The van der Waals surface area contributed by atoms with Crippen molar-refractivity contribution in [2.75, 3.05) is 11.9 Å². The van der Waals surface area contributed by atoms with Crippen molar-refractivity contribution >= 4 is 39.1 Å². The molecule has 0 aromatic heterocycles. The third-order valence-corrected chi connectivity index (χ3v) is 3.40. The van der Waals surface area contributed by atoms with Crippen LogP contribution < -0.4 is 15.8 Å². The molecule has 0 atom stereocenters. The molecule has 1 aromatic rings. The van der Waals surface area contributed by atoms with Crippen LogP contribution in [0, 0.1) is 0 Å². The summed E-state index contributed by atoms with van der Waals surface area (Å²) in [7, 11) is 0. The van der Waals surface area contributed by atoms with Crippen LogP contribution in [-0.4, -0.2) is 19.1 Å². The maximum absolute atomic E-state index is 12.4. The van der Waals surface area contributed by atoms with E-state index < -0.39 is 6.61 Å². The zero-order valence-electron chi connectivity index (χ0n) is 11.2. The van der Waals surface area contributed by atoms with E-state index in [1.807, 2.05) is 0 Å². The van der Waals surface area contributed by atoms with Crippen LogP contribution in [0.25, 0.3) is 0 Å². The van der Waals surface area contributed by atoms with E-state index in [-0.39, 0.29) is 28.2 Å². The number of rotatable bonds is 8. The van der Waals surface area contributed by atoms with Crippen LogP contribution in [0.3, 0.4) is 0 Å². The number of unbranched alkanes of at least 4 members (excludes halogenated alkanes) is 2. The number of alkyl halides is 2. The summed E-state index contributed by atoms with van der Waals surface area (Å²) < 4.78 is 29.5. The lowest BCUT2D eigenvalue weighted by atomic mass is 10.2. The third-order valence-electron chi connectivity index (χ3n) is 2.60. The van der Waals surface area contributed by atoms with Crippen molar-refractivity contribution in [1.29, 1.82) is 0 Å². The molecule has 1 rings (SSSR count). The van der Waals surface area contributed by atoms with Crippen molar-refractivity contribution in [3.05, 3.63) is 21.6 Å². The molecule has 0 aliphatic heterocycles. The molecule has 0 radical (unpaired) electrons. The molecule has 0 aliphatic carbocycles. The van der Waals surface area contributed by atoms with Gasteiger partial charge < -0.3 is 15.8 Å². The van der Waals surface area contributed by atoms with Gasteiger partial charge in [-0.25, -0.2) is 0 Å². The molecule has 0 saturated carbocycles. The smallest absolute Gasteiger partial charge is 0.387 e. The van der Waals surface area contributed by atoms with Crippen LogP contribution in [-0.2, 0) is 4.79 Å². The largest absolute Gasteiger partial charge is 0.431 e. The van der Waals surface area contributed by atoms with Crippen LogP contribution in [0.1, 0.15) is 25.7 Å². The Kier molecular flexibility index (Phi) is 7.92. The van der Waals surface area contributed by atoms with Gasteiger partial charge in [0.05, 0.1) is 10.2 Å². The quantitative estimate of drug-likeness (QED) is 0.660. The van der Waals surface area contributed by atoms with Crippen LogP contribution in [0.15, 0.2) is 16.6 Å².